The monoisotopic (exact) mass is 458 g/mol. The van der Waals surface area contributed by atoms with Gasteiger partial charge in [-0.15, -0.1) is 0 Å². The minimum absolute atomic E-state index is 0.0971. The number of methoxy groups -OCH3 is 1. The molecule has 0 atom stereocenters. The highest BCUT2D eigenvalue weighted by Gasteiger charge is 2.33. The lowest BCUT2D eigenvalue weighted by Crippen LogP contribution is -2.11. The summed E-state index contributed by atoms with van der Waals surface area (Å²) >= 11 is 0. The second-order valence-corrected chi connectivity index (χ2v) is 9.21. The van der Waals surface area contributed by atoms with Crippen LogP contribution in [0.3, 0.4) is 0 Å². The maximum Gasteiger partial charge on any atom is 0.204 e. The van der Waals surface area contributed by atoms with Crippen LogP contribution in [-0.2, 0) is 0 Å². The van der Waals surface area contributed by atoms with Crippen molar-refractivity contribution in [3.05, 3.63) is 76.4 Å². The molecule has 176 valence electrons. The molecular formula is C28H30F4O. The Morgan fingerprint density at radius 3 is 1.61 bits per heavy atom. The summed E-state index contributed by atoms with van der Waals surface area (Å²) in [6.45, 7) is 12.0. The second-order valence-electron chi connectivity index (χ2n) is 9.21. The van der Waals surface area contributed by atoms with Gasteiger partial charge in [0.2, 0.25) is 11.6 Å². The molecule has 0 aliphatic heterocycles. The van der Waals surface area contributed by atoms with E-state index in [1.165, 1.54) is 0 Å². The SMILES string of the molecule is COc1c(F)c(F)c(F)c(F)c1-c1c(C(C)C)cc(C(C)C)c(-c2ccccc2)c1C(C)C. The zero-order chi connectivity index (χ0) is 24.6. The summed E-state index contributed by atoms with van der Waals surface area (Å²) in [5.74, 6) is -7.44. The van der Waals surface area contributed by atoms with Gasteiger partial charge < -0.3 is 4.74 Å². The van der Waals surface area contributed by atoms with Crippen molar-refractivity contribution >= 4 is 0 Å². The highest BCUT2D eigenvalue weighted by Crippen LogP contribution is 2.49. The molecule has 1 nitrogen and oxygen atoms in total. The Kier molecular flexibility index (Phi) is 7.20. The van der Waals surface area contributed by atoms with E-state index in [1.807, 2.05) is 64.1 Å². The number of hydrogen-bond acceptors (Lipinski definition) is 1. The van der Waals surface area contributed by atoms with Crippen molar-refractivity contribution in [2.75, 3.05) is 7.11 Å². The van der Waals surface area contributed by atoms with Crippen molar-refractivity contribution in [1.29, 1.82) is 0 Å². The van der Waals surface area contributed by atoms with Gasteiger partial charge in [0, 0.05) is 0 Å². The number of hydrogen-bond donors (Lipinski definition) is 0. The Labute approximate surface area is 193 Å². The van der Waals surface area contributed by atoms with Crippen molar-refractivity contribution in [1.82, 2.24) is 0 Å². The molecule has 3 rings (SSSR count). The fourth-order valence-electron chi connectivity index (χ4n) is 4.47. The number of rotatable bonds is 6. The van der Waals surface area contributed by atoms with Crippen LogP contribution in [0.15, 0.2) is 36.4 Å². The summed E-state index contributed by atoms with van der Waals surface area (Å²) in [7, 11) is 1.13. The van der Waals surface area contributed by atoms with Gasteiger partial charge >= 0.3 is 0 Å². The molecule has 0 bridgehead atoms. The summed E-state index contributed by atoms with van der Waals surface area (Å²) in [5.41, 5.74) is 4.32. The third-order valence-electron chi connectivity index (χ3n) is 5.99. The lowest BCUT2D eigenvalue weighted by atomic mass is 9.76. The van der Waals surface area contributed by atoms with Gasteiger partial charge in [-0.25, -0.2) is 13.2 Å². The molecule has 0 aliphatic rings. The average molecular weight is 459 g/mol. The molecule has 33 heavy (non-hydrogen) atoms. The van der Waals surface area contributed by atoms with Crippen LogP contribution in [0, 0.1) is 23.3 Å². The Morgan fingerprint density at radius 2 is 1.12 bits per heavy atom. The first-order chi connectivity index (χ1) is 15.5. The molecule has 0 unspecified atom stereocenters. The quantitative estimate of drug-likeness (QED) is 0.203. The molecule has 3 aromatic rings. The highest BCUT2D eigenvalue weighted by atomic mass is 19.2. The minimum Gasteiger partial charge on any atom is -0.493 e. The average Bonchev–Trinajstić information content (AvgIpc) is 2.78. The number of benzene rings is 3. The van der Waals surface area contributed by atoms with Crippen LogP contribution < -0.4 is 4.74 Å². The van der Waals surface area contributed by atoms with Crippen molar-refractivity contribution in [3.63, 3.8) is 0 Å². The van der Waals surface area contributed by atoms with Crippen molar-refractivity contribution < 1.29 is 22.3 Å². The van der Waals surface area contributed by atoms with E-state index in [0.717, 1.165) is 34.9 Å². The maximum atomic E-state index is 15.4. The third kappa shape index (κ3) is 4.25. The summed E-state index contributed by atoms with van der Waals surface area (Å²) in [6, 6.07) is 11.6. The van der Waals surface area contributed by atoms with Crippen LogP contribution in [0.5, 0.6) is 5.75 Å². The second kappa shape index (κ2) is 9.58. The predicted octanol–water partition coefficient (Wildman–Crippen LogP) is 8.96. The van der Waals surface area contributed by atoms with Crippen LogP contribution in [0.25, 0.3) is 22.3 Å². The molecule has 0 saturated carbocycles. The van der Waals surface area contributed by atoms with Gasteiger partial charge in [0.05, 0.1) is 12.7 Å². The van der Waals surface area contributed by atoms with E-state index in [0.29, 0.717) is 5.56 Å². The fraction of sp³-hybridized carbons (Fsp3) is 0.357. The molecular weight excluding hydrogens is 428 g/mol. The molecule has 3 aromatic carbocycles. The van der Waals surface area contributed by atoms with Crippen molar-refractivity contribution in [2.24, 2.45) is 0 Å². The van der Waals surface area contributed by atoms with Gasteiger partial charge in [0.1, 0.15) is 0 Å². The van der Waals surface area contributed by atoms with E-state index in [-0.39, 0.29) is 23.3 Å². The van der Waals surface area contributed by atoms with E-state index < -0.39 is 29.0 Å². The normalized spacial score (nSPS) is 11.7. The third-order valence-corrected chi connectivity index (χ3v) is 5.99. The molecule has 0 radical (unpaired) electrons. The molecule has 0 amide bonds. The molecule has 0 fully saturated rings. The molecule has 0 aromatic heterocycles. The smallest absolute Gasteiger partial charge is 0.204 e. The Hall–Kier alpha value is -2.82. The van der Waals surface area contributed by atoms with Crippen LogP contribution in [0.4, 0.5) is 17.6 Å². The Balaban J connectivity index is 2.66. The fourth-order valence-corrected chi connectivity index (χ4v) is 4.47. The largest absolute Gasteiger partial charge is 0.493 e. The first-order valence-electron chi connectivity index (χ1n) is 11.2. The van der Waals surface area contributed by atoms with Gasteiger partial charge in [-0.05, 0) is 51.1 Å². The van der Waals surface area contributed by atoms with Gasteiger partial charge in [0.15, 0.2) is 17.4 Å². The first-order valence-corrected chi connectivity index (χ1v) is 11.2. The lowest BCUT2D eigenvalue weighted by molar-refractivity contribution is 0.348. The maximum absolute atomic E-state index is 15.4. The zero-order valence-electron chi connectivity index (χ0n) is 20.1. The standard InChI is InChI=1S/C28H30F4O/c1-14(2)18-13-19(15(3)4)22(20(16(5)6)21(18)17-11-9-8-10-12-17)23-24(29)25(30)26(31)27(32)28(23)33-7/h8-16H,1-7H3. The van der Waals surface area contributed by atoms with E-state index in [2.05, 4.69) is 13.8 Å². The predicted molar refractivity (Wildman–Crippen MR) is 126 cm³/mol. The molecule has 0 N–H and O–H groups in total. The van der Waals surface area contributed by atoms with Crippen LogP contribution in [0.2, 0.25) is 0 Å². The Morgan fingerprint density at radius 1 is 0.606 bits per heavy atom. The minimum atomic E-state index is -1.88. The van der Waals surface area contributed by atoms with Crippen molar-refractivity contribution in [2.45, 2.75) is 59.3 Å². The number of ether oxygens (including phenoxy) is 1. The highest BCUT2D eigenvalue weighted by molar-refractivity contribution is 5.87. The van der Waals surface area contributed by atoms with E-state index >= 15 is 4.39 Å². The van der Waals surface area contributed by atoms with E-state index in [9.17, 15) is 13.2 Å². The van der Waals surface area contributed by atoms with E-state index in [1.54, 1.807) is 0 Å². The summed E-state index contributed by atoms with van der Waals surface area (Å²) in [6.07, 6.45) is 0. The van der Waals surface area contributed by atoms with Gasteiger partial charge in [0.25, 0.3) is 0 Å². The molecule has 0 aliphatic carbocycles. The van der Waals surface area contributed by atoms with Gasteiger partial charge in [-0.1, -0.05) is 77.9 Å². The van der Waals surface area contributed by atoms with Crippen molar-refractivity contribution in [3.8, 4) is 28.0 Å². The van der Waals surface area contributed by atoms with E-state index in [4.69, 9.17) is 4.74 Å². The molecule has 0 saturated heterocycles. The number of halogens is 4. The molecule has 0 spiro atoms. The zero-order valence-corrected chi connectivity index (χ0v) is 20.1. The van der Waals surface area contributed by atoms with Crippen LogP contribution in [-0.4, -0.2) is 7.11 Å². The van der Waals surface area contributed by atoms with Crippen LogP contribution >= 0.6 is 0 Å². The molecule has 5 heteroatoms. The summed E-state index contributed by atoms with van der Waals surface area (Å²) < 4.78 is 63.9. The van der Waals surface area contributed by atoms with Gasteiger partial charge in [-0.2, -0.15) is 4.39 Å². The Bertz CT molecular complexity index is 1160. The molecule has 0 heterocycles. The van der Waals surface area contributed by atoms with Gasteiger partial charge in [-0.3, -0.25) is 0 Å². The summed E-state index contributed by atoms with van der Waals surface area (Å²) in [4.78, 5) is 0. The topological polar surface area (TPSA) is 9.23 Å². The first kappa shape index (κ1) is 24.8. The lowest BCUT2D eigenvalue weighted by Gasteiger charge is -2.29. The summed E-state index contributed by atoms with van der Waals surface area (Å²) in [5, 5.41) is 0. The van der Waals surface area contributed by atoms with Crippen LogP contribution in [0.1, 0.15) is 76.0 Å².